The summed E-state index contributed by atoms with van der Waals surface area (Å²) in [5.41, 5.74) is 0. The first-order valence-corrected chi connectivity index (χ1v) is 8.26. The predicted octanol–water partition coefficient (Wildman–Crippen LogP) is 0.243. The molecule has 1 aromatic rings. The summed E-state index contributed by atoms with van der Waals surface area (Å²) >= 11 is 0. The molecular weight excluding hydrogens is 312 g/mol. The Morgan fingerprint density at radius 1 is 1.23 bits per heavy atom. The Hall–Kier alpha value is -2.29. The van der Waals surface area contributed by atoms with Crippen LogP contribution in [-0.4, -0.2) is 42.0 Å². The largest absolute Gasteiger partial charge is 0.333 e. The van der Waals surface area contributed by atoms with E-state index in [2.05, 4.69) is 9.82 Å². The van der Waals surface area contributed by atoms with Gasteiger partial charge < -0.3 is 4.84 Å². The van der Waals surface area contributed by atoms with Crippen LogP contribution in [0.25, 0.3) is 0 Å². The topological polar surface area (TPSA) is 111 Å². The lowest BCUT2D eigenvalue weighted by Crippen LogP contribution is -2.32. The number of hydrogen-bond acceptors (Lipinski definition) is 7. The van der Waals surface area contributed by atoms with Gasteiger partial charge in [0.05, 0.1) is 5.75 Å². The summed E-state index contributed by atoms with van der Waals surface area (Å²) in [5.74, 6) is -2.24. The van der Waals surface area contributed by atoms with E-state index >= 15 is 0 Å². The second-order valence-electron chi connectivity index (χ2n) is 4.64. The van der Waals surface area contributed by atoms with Gasteiger partial charge in [-0.25, -0.2) is 18.2 Å². The van der Waals surface area contributed by atoms with E-state index in [1.54, 1.807) is 12.1 Å². The number of carbonyl (C=O) groups excluding carboxylic acids is 3. The first-order chi connectivity index (χ1) is 10.4. The summed E-state index contributed by atoms with van der Waals surface area (Å²) in [5, 5.41) is 0.378. The van der Waals surface area contributed by atoms with Gasteiger partial charge in [0, 0.05) is 25.5 Å². The van der Waals surface area contributed by atoms with E-state index in [9.17, 15) is 22.8 Å². The molecule has 2 amide bonds. The molecule has 1 aromatic heterocycles. The summed E-state index contributed by atoms with van der Waals surface area (Å²) < 4.78 is 23.9. The molecule has 0 radical (unpaired) electrons. The summed E-state index contributed by atoms with van der Waals surface area (Å²) in [6.07, 6.45) is 1.18. The highest BCUT2D eigenvalue weighted by molar-refractivity contribution is 7.91. The van der Waals surface area contributed by atoms with Gasteiger partial charge in [-0.3, -0.25) is 9.59 Å². The lowest BCUT2D eigenvalue weighted by atomic mass is 10.3. The Kier molecular flexibility index (Phi) is 4.86. The van der Waals surface area contributed by atoms with E-state index in [4.69, 9.17) is 0 Å². The van der Waals surface area contributed by atoms with Crippen LogP contribution in [0.15, 0.2) is 29.4 Å². The molecule has 1 aliphatic rings. The Labute approximate surface area is 127 Å². The minimum atomic E-state index is -3.57. The van der Waals surface area contributed by atoms with Crippen LogP contribution in [0.3, 0.4) is 0 Å². The van der Waals surface area contributed by atoms with E-state index in [0.717, 1.165) is 0 Å². The molecule has 0 atom stereocenters. The van der Waals surface area contributed by atoms with Crippen molar-refractivity contribution in [2.24, 2.45) is 0 Å². The molecule has 1 aliphatic heterocycles. The molecule has 8 nitrogen and oxygen atoms in total. The fourth-order valence-corrected chi connectivity index (χ4v) is 3.09. The first-order valence-electron chi connectivity index (χ1n) is 6.60. The normalized spacial score (nSPS) is 15.2. The number of imide groups is 1. The average Bonchev–Trinajstić information content (AvgIpc) is 2.80. The van der Waals surface area contributed by atoms with Crippen molar-refractivity contribution in [1.29, 1.82) is 0 Å². The fourth-order valence-electron chi connectivity index (χ4n) is 1.85. The van der Waals surface area contributed by atoms with Gasteiger partial charge in [-0.2, -0.15) is 0 Å². The third-order valence-corrected chi connectivity index (χ3v) is 4.65. The maximum Gasteiger partial charge on any atom is 0.333 e. The minimum Gasteiger partial charge on any atom is -0.330 e. The zero-order valence-corrected chi connectivity index (χ0v) is 12.4. The molecule has 2 heterocycles. The molecule has 0 N–H and O–H groups in total. The van der Waals surface area contributed by atoms with E-state index in [1.807, 2.05) is 0 Å². The molecule has 0 aromatic carbocycles. The number of sulfone groups is 1. The molecule has 0 unspecified atom stereocenters. The highest BCUT2D eigenvalue weighted by atomic mass is 32.2. The van der Waals surface area contributed by atoms with Crippen molar-refractivity contribution >= 4 is 27.6 Å². The number of carbonyl (C=O) groups is 3. The van der Waals surface area contributed by atoms with Gasteiger partial charge in [0.15, 0.2) is 14.9 Å². The van der Waals surface area contributed by atoms with Crippen LogP contribution in [0.1, 0.15) is 25.7 Å². The summed E-state index contributed by atoms with van der Waals surface area (Å²) in [6, 6.07) is 4.52. The van der Waals surface area contributed by atoms with Crippen LogP contribution in [0, 0.1) is 0 Å². The highest BCUT2D eigenvalue weighted by Gasteiger charge is 2.32. The van der Waals surface area contributed by atoms with Crippen molar-refractivity contribution in [3.05, 3.63) is 24.4 Å². The zero-order valence-electron chi connectivity index (χ0n) is 11.6. The van der Waals surface area contributed by atoms with Gasteiger partial charge in [-0.05, 0) is 18.6 Å². The van der Waals surface area contributed by atoms with Gasteiger partial charge in [0.1, 0.15) is 0 Å². The molecule has 0 spiro atoms. The van der Waals surface area contributed by atoms with Crippen LogP contribution in [0.4, 0.5) is 0 Å². The molecule has 9 heteroatoms. The van der Waals surface area contributed by atoms with Crippen molar-refractivity contribution in [1.82, 2.24) is 10.0 Å². The molecule has 118 valence electrons. The van der Waals surface area contributed by atoms with Crippen molar-refractivity contribution in [3.63, 3.8) is 0 Å². The van der Waals surface area contributed by atoms with Gasteiger partial charge >= 0.3 is 5.97 Å². The maximum atomic E-state index is 11.9. The SMILES string of the molecule is O=C(CCCS(=O)(=O)c1ccccn1)ON1C(=O)CCC1=O. The zero-order chi connectivity index (χ0) is 16.2. The Bertz CT molecular complexity index is 670. The minimum absolute atomic E-state index is 0.00790. The number of pyridine rings is 1. The molecular formula is C13H14N2O6S. The third kappa shape index (κ3) is 3.88. The fraction of sp³-hybridized carbons (Fsp3) is 0.385. The predicted molar refractivity (Wildman–Crippen MR) is 72.7 cm³/mol. The van der Waals surface area contributed by atoms with Crippen LogP contribution < -0.4 is 0 Å². The molecule has 2 rings (SSSR count). The van der Waals surface area contributed by atoms with Crippen molar-refractivity contribution in [2.45, 2.75) is 30.7 Å². The second-order valence-corrected chi connectivity index (χ2v) is 6.69. The molecule has 1 saturated heterocycles. The van der Waals surface area contributed by atoms with Crippen LogP contribution in [0.2, 0.25) is 0 Å². The molecule has 0 aliphatic carbocycles. The van der Waals surface area contributed by atoms with Crippen LogP contribution in [-0.2, 0) is 29.1 Å². The van der Waals surface area contributed by atoms with Crippen molar-refractivity contribution < 1.29 is 27.6 Å². The summed E-state index contributed by atoms with van der Waals surface area (Å²) in [4.78, 5) is 42.4. The monoisotopic (exact) mass is 326 g/mol. The van der Waals surface area contributed by atoms with Gasteiger partial charge in [-0.15, -0.1) is 5.06 Å². The smallest absolute Gasteiger partial charge is 0.330 e. The average molecular weight is 326 g/mol. The molecule has 1 fully saturated rings. The number of amides is 2. The highest BCUT2D eigenvalue weighted by Crippen LogP contribution is 2.14. The van der Waals surface area contributed by atoms with Crippen molar-refractivity contribution in [2.75, 3.05) is 5.75 Å². The second kappa shape index (κ2) is 6.65. The summed E-state index contributed by atoms with van der Waals surface area (Å²) in [6.45, 7) is 0. The lowest BCUT2D eigenvalue weighted by molar-refractivity contribution is -0.197. The number of hydrogen-bond donors (Lipinski definition) is 0. The number of aromatic nitrogens is 1. The van der Waals surface area contributed by atoms with Gasteiger partial charge in [0.2, 0.25) is 0 Å². The number of hydroxylamine groups is 2. The Morgan fingerprint density at radius 2 is 1.91 bits per heavy atom. The number of nitrogens with zero attached hydrogens (tertiary/aromatic N) is 2. The lowest BCUT2D eigenvalue weighted by Gasteiger charge is -2.12. The van der Waals surface area contributed by atoms with E-state index in [1.165, 1.54) is 12.3 Å². The summed E-state index contributed by atoms with van der Waals surface area (Å²) in [7, 11) is -3.57. The van der Waals surface area contributed by atoms with Gasteiger partial charge in [0.25, 0.3) is 11.8 Å². The molecule has 0 saturated carbocycles. The standard InChI is InChI=1S/C13H14N2O6S/c16-11-6-7-12(17)15(11)21-13(18)5-3-9-22(19,20)10-4-1-2-8-14-10/h1-2,4,8H,3,5-7,9H2. The van der Waals surface area contributed by atoms with Crippen LogP contribution in [0.5, 0.6) is 0 Å². The van der Waals surface area contributed by atoms with Gasteiger partial charge in [-0.1, -0.05) is 6.07 Å². The molecule has 22 heavy (non-hydrogen) atoms. The van der Waals surface area contributed by atoms with E-state index in [-0.39, 0.29) is 36.5 Å². The quantitative estimate of drug-likeness (QED) is 0.689. The Morgan fingerprint density at radius 3 is 2.50 bits per heavy atom. The maximum absolute atomic E-state index is 11.9. The molecule has 0 bridgehead atoms. The Balaban J connectivity index is 1.82. The third-order valence-electron chi connectivity index (χ3n) is 2.95. The van der Waals surface area contributed by atoms with E-state index < -0.39 is 27.6 Å². The number of rotatable bonds is 6. The van der Waals surface area contributed by atoms with E-state index in [0.29, 0.717) is 5.06 Å². The van der Waals surface area contributed by atoms with Crippen molar-refractivity contribution in [3.8, 4) is 0 Å². The van der Waals surface area contributed by atoms with Crippen LogP contribution >= 0.6 is 0 Å². The first kappa shape index (κ1) is 16.1.